The van der Waals surface area contributed by atoms with Crippen LogP contribution in [0.25, 0.3) is 10.9 Å². The molecule has 4 rings (SSSR count). The van der Waals surface area contributed by atoms with Crippen molar-refractivity contribution in [1.29, 1.82) is 0 Å². The smallest absolute Gasteiger partial charge is 0.251 e. The van der Waals surface area contributed by atoms with Crippen LogP contribution in [0, 0.1) is 6.92 Å². The summed E-state index contributed by atoms with van der Waals surface area (Å²) < 4.78 is 4.98. The van der Waals surface area contributed by atoms with Crippen LogP contribution in [-0.2, 0) is 11.2 Å². The van der Waals surface area contributed by atoms with Gasteiger partial charge in [-0.3, -0.25) is 9.59 Å². The molecule has 1 heterocycles. The van der Waals surface area contributed by atoms with Crippen molar-refractivity contribution in [3.05, 3.63) is 106 Å². The van der Waals surface area contributed by atoms with Crippen LogP contribution in [0.2, 0.25) is 5.02 Å². The summed E-state index contributed by atoms with van der Waals surface area (Å²) in [6.07, 6.45) is 2.42. The van der Waals surface area contributed by atoms with Crippen LogP contribution >= 0.6 is 11.6 Å². The summed E-state index contributed by atoms with van der Waals surface area (Å²) in [6.45, 7) is 3.47. The van der Waals surface area contributed by atoms with E-state index in [1.165, 1.54) is 0 Å². The maximum Gasteiger partial charge on any atom is 0.251 e. The lowest BCUT2D eigenvalue weighted by atomic mass is 9.96. The quantitative estimate of drug-likeness (QED) is 0.192. The van der Waals surface area contributed by atoms with Crippen LogP contribution in [0.15, 0.2) is 72.9 Å². The molecule has 0 bridgehead atoms. The van der Waals surface area contributed by atoms with E-state index in [9.17, 15) is 9.59 Å². The Morgan fingerprint density at radius 1 is 1.03 bits per heavy atom. The molecule has 0 spiro atoms. The summed E-state index contributed by atoms with van der Waals surface area (Å²) >= 11 is 6.41. The molecule has 6 nitrogen and oxygen atoms in total. The molecule has 0 radical (unpaired) electrons. The molecule has 4 aromatic rings. The van der Waals surface area contributed by atoms with E-state index in [1.807, 2.05) is 61.5 Å². The number of hydrogen-bond acceptors (Lipinski definition) is 4. The van der Waals surface area contributed by atoms with E-state index in [4.69, 9.17) is 16.3 Å². The number of aryl methyl sites for hydroxylation is 1. The molecule has 0 saturated heterocycles. The van der Waals surface area contributed by atoms with E-state index in [1.54, 1.807) is 25.4 Å². The second kappa shape index (κ2) is 12.0. The average molecular weight is 504 g/mol. The highest BCUT2D eigenvalue weighted by Gasteiger charge is 2.24. The number of amides is 1. The van der Waals surface area contributed by atoms with E-state index in [0.29, 0.717) is 37.2 Å². The highest BCUT2D eigenvalue weighted by atomic mass is 35.5. The first-order chi connectivity index (χ1) is 17.5. The molecular formula is C29H30ClN3O3. The topological polar surface area (TPSA) is 83.2 Å². The third-order valence-corrected chi connectivity index (χ3v) is 6.50. The van der Waals surface area contributed by atoms with E-state index in [0.717, 1.165) is 32.6 Å². The fraction of sp³-hybridized carbons (Fsp3) is 0.241. The number of aromatic nitrogens is 1. The van der Waals surface area contributed by atoms with Crippen LogP contribution in [0.5, 0.6) is 0 Å². The SMILES string of the molecule is COCCNC(=O)c1ccc2c(C(=O)[C@H](NCCc3ccc(C)cc3Cl)c3ccccc3)c[nH]c2c1. The Balaban J connectivity index is 1.54. The Hall–Kier alpha value is -3.45. The maximum absolute atomic E-state index is 13.8. The van der Waals surface area contributed by atoms with Gasteiger partial charge < -0.3 is 20.4 Å². The van der Waals surface area contributed by atoms with E-state index in [-0.39, 0.29) is 11.7 Å². The number of aromatic amines is 1. The third kappa shape index (κ3) is 6.02. The minimum Gasteiger partial charge on any atom is -0.383 e. The first-order valence-corrected chi connectivity index (χ1v) is 12.3. The highest BCUT2D eigenvalue weighted by molar-refractivity contribution is 6.31. The monoisotopic (exact) mass is 503 g/mol. The van der Waals surface area contributed by atoms with Gasteiger partial charge in [-0.2, -0.15) is 0 Å². The number of fused-ring (bicyclic) bond motifs is 1. The zero-order valence-electron chi connectivity index (χ0n) is 20.4. The number of hydrogen-bond donors (Lipinski definition) is 3. The van der Waals surface area contributed by atoms with Crippen LogP contribution < -0.4 is 10.6 Å². The molecule has 7 heteroatoms. The summed E-state index contributed by atoms with van der Waals surface area (Å²) in [4.78, 5) is 29.3. The summed E-state index contributed by atoms with van der Waals surface area (Å²) in [5.74, 6) is -0.227. The molecule has 1 aromatic heterocycles. The second-order valence-corrected chi connectivity index (χ2v) is 9.13. The number of H-pyrrole nitrogens is 1. The third-order valence-electron chi connectivity index (χ3n) is 6.15. The van der Waals surface area contributed by atoms with Crippen molar-refractivity contribution < 1.29 is 14.3 Å². The summed E-state index contributed by atoms with van der Waals surface area (Å²) in [7, 11) is 1.59. The molecule has 0 saturated carbocycles. The Bertz CT molecular complexity index is 1350. The molecule has 36 heavy (non-hydrogen) atoms. The molecule has 0 unspecified atom stereocenters. The summed E-state index contributed by atoms with van der Waals surface area (Å²) in [5.41, 5.74) is 4.87. The molecule has 0 aliphatic rings. The van der Waals surface area contributed by atoms with E-state index >= 15 is 0 Å². The molecule has 3 N–H and O–H groups in total. The number of ether oxygens (including phenoxy) is 1. The van der Waals surface area contributed by atoms with Gasteiger partial charge in [0.05, 0.1) is 12.6 Å². The number of Topliss-reactive ketones (excluding diaryl/α,β-unsaturated/α-hetero) is 1. The molecule has 1 atom stereocenters. The van der Waals surface area contributed by atoms with E-state index < -0.39 is 6.04 Å². The second-order valence-electron chi connectivity index (χ2n) is 8.72. The first-order valence-electron chi connectivity index (χ1n) is 11.9. The van der Waals surface area contributed by atoms with Crippen molar-refractivity contribution in [3.8, 4) is 0 Å². The van der Waals surface area contributed by atoms with Crippen molar-refractivity contribution in [3.63, 3.8) is 0 Å². The molecular weight excluding hydrogens is 474 g/mol. The number of benzene rings is 3. The van der Waals surface area contributed by atoms with Gasteiger partial charge in [-0.05, 0) is 48.2 Å². The van der Waals surface area contributed by atoms with E-state index in [2.05, 4.69) is 15.6 Å². The Morgan fingerprint density at radius 2 is 1.83 bits per heavy atom. The highest BCUT2D eigenvalue weighted by Crippen LogP contribution is 2.26. The Kier molecular flexibility index (Phi) is 8.54. The van der Waals surface area contributed by atoms with Gasteiger partial charge in [0.25, 0.3) is 5.91 Å². The summed E-state index contributed by atoms with van der Waals surface area (Å²) in [6, 6.07) is 20.5. The van der Waals surface area contributed by atoms with Crippen LogP contribution in [0.1, 0.15) is 43.4 Å². The molecule has 0 aliphatic heterocycles. The van der Waals surface area contributed by atoms with Crippen LogP contribution in [0.3, 0.4) is 0 Å². The fourth-order valence-corrected chi connectivity index (χ4v) is 4.54. The van der Waals surface area contributed by atoms with Gasteiger partial charge in [-0.25, -0.2) is 0 Å². The minimum atomic E-state index is -0.522. The molecule has 3 aromatic carbocycles. The molecule has 1 amide bonds. The molecule has 0 aliphatic carbocycles. The zero-order valence-corrected chi connectivity index (χ0v) is 21.2. The number of ketones is 1. The van der Waals surface area contributed by atoms with Crippen molar-refractivity contribution >= 4 is 34.2 Å². The number of nitrogens with one attached hydrogen (secondary N) is 3. The lowest BCUT2D eigenvalue weighted by molar-refractivity contribution is 0.0933. The van der Waals surface area contributed by atoms with Crippen LogP contribution in [0.4, 0.5) is 0 Å². The number of methoxy groups -OCH3 is 1. The van der Waals surface area contributed by atoms with Gasteiger partial charge in [-0.15, -0.1) is 0 Å². The number of carbonyl (C=O) groups excluding carboxylic acids is 2. The molecule has 186 valence electrons. The number of rotatable bonds is 11. The zero-order chi connectivity index (χ0) is 25.5. The predicted octanol–water partition coefficient (Wildman–Crippen LogP) is 5.26. The van der Waals surface area contributed by atoms with Gasteiger partial charge >= 0.3 is 0 Å². The fourth-order valence-electron chi connectivity index (χ4n) is 4.21. The van der Waals surface area contributed by atoms with Crippen LogP contribution in [-0.4, -0.2) is 43.5 Å². The lowest BCUT2D eigenvalue weighted by Crippen LogP contribution is -2.30. The standard InChI is InChI=1S/C29H30ClN3O3/c1-19-8-9-20(25(30)16-19)12-13-31-27(21-6-4-3-5-7-21)28(34)24-18-33-26-17-22(10-11-23(24)26)29(35)32-14-15-36-2/h3-11,16-18,27,31,33H,12-15H2,1-2H3,(H,32,35)/t27-/m1/s1. The maximum atomic E-state index is 13.8. The largest absolute Gasteiger partial charge is 0.383 e. The molecule has 0 fully saturated rings. The predicted molar refractivity (Wildman–Crippen MR) is 144 cm³/mol. The Labute approximate surface area is 216 Å². The van der Waals surface area contributed by atoms with Gasteiger partial charge in [0.2, 0.25) is 0 Å². The van der Waals surface area contributed by atoms with Gasteiger partial charge in [0.15, 0.2) is 5.78 Å². The summed E-state index contributed by atoms with van der Waals surface area (Å²) in [5, 5.41) is 7.76. The Morgan fingerprint density at radius 3 is 2.58 bits per heavy atom. The van der Waals surface area contributed by atoms with Gasteiger partial charge in [-0.1, -0.05) is 60.1 Å². The normalized spacial score (nSPS) is 12.0. The van der Waals surface area contributed by atoms with Crippen molar-refractivity contribution in [2.45, 2.75) is 19.4 Å². The van der Waals surface area contributed by atoms with Gasteiger partial charge in [0, 0.05) is 53.4 Å². The number of halogens is 1. The average Bonchev–Trinajstić information content (AvgIpc) is 3.31. The minimum absolute atomic E-state index is 0.0419. The van der Waals surface area contributed by atoms with Crippen molar-refractivity contribution in [2.24, 2.45) is 0 Å². The lowest BCUT2D eigenvalue weighted by Gasteiger charge is -2.18. The van der Waals surface area contributed by atoms with Crippen molar-refractivity contribution in [2.75, 3.05) is 26.8 Å². The van der Waals surface area contributed by atoms with Gasteiger partial charge in [0.1, 0.15) is 0 Å². The number of carbonyl (C=O) groups is 2. The first kappa shape index (κ1) is 25.6. The van der Waals surface area contributed by atoms with Crippen molar-refractivity contribution in [1.82, 2.24) is 15.6 Å².